The number of anilines is 2. The van der Waals surface area contributed by atoms with E-state index < -0.39 is 95.6 Å². The number of hydrogen-bond acceptors (Lipinski definition) is 17. The number of aliphatic hydroxyl groups excluding tert-OH is 5. The van der Waals surface area contributed by atoms with Gasteiger partial charge in [-0.25, -0.2) is 9.78 Å². The SMILES string of the molecule is C[C@]12C=CC(=O)C=C1CC[C@@H]1[C@@H]2[C@@H](O)C[C@@]2(C)[C@H]1C[C@H]1O[C@@H](c3ccc(Cc4cnc(NC(=O)OCc5ccc(O[C@@H]6C[C@H](C(=O)O)[C@@H](O)[C@H](O)[C@H]6O)c(NC(=O)CCNC(=O)CBr)c5)s4)cc3)O[C@]12C(=O)CO. The van der Waals surface area contributed by atoms with E-state index in [4.69, 9.17) is 18.9 Å². The number of allylic oxidation sites excluding steroid dienone is 4. The summed E-state index contributed by atoms with van der Waals surface area (Å²) in [7, 11) is 0. The molecule has 2 aromatic carbocycles. The Kier molecular flexibility index (Phi) is 15.4. The van der Waals surface area contributed by atoms with Crippen LogP contribution in [0.4, 0.5) is 15.6 Å². The van der Waals surface area contributed by atoms with Gasteiger partial charge in [-0.05, 0) is 72.9 Å². The maximum atomic E-state index is 14.0. The van der Waals surface area contributed by atoms with Crippen LogP contribution in [-0.4, -0.2) is 132 Å². The lowest BCUT2D eigenvalue weighted by atomic mass is 9.46. The Morgan fingerprint density at radius 2 is 1.72 bits per heavy atom. The number of hydrogen-bond donors (Lipinski definition) is 9. The number of nitrogens with one attached hydrogen (secondary N) is 3. The Morgan fingerprint density at radius 3 is 2.45 bits per heavy atom. The van der Waals surface area contributed by atoms with Crippen molar-refractivity contribution in [2.75, 3.05) is 29.1 Å². The van der Waals surface area contributed by atoms with Crippen LogP contribution < -0.4 is 20.7 Å². The van der Waals surface area contributed by atoms with Gasteiger partial charge < -0.3 is 60.2 Å². The van der Waals surface area contributed by atoms with E-state index in [0.29, 0.717) is 30.4 Å². The van der Waals surface area contributed by atoms with Gasteiger partial charge in [-0.3, -0.25) is 29.3 Å². The summed E-state index contributed by atoms with van der Waals surface area (Å²) in [6.07, 6.45) is -0.623. The number of carbonyl (C=O) groups is 6. The molecule has 9 N–H and O–H groups in total. The third kappa shape index (κ3) is 9.95. The fourth-order valence-corrected chi connectivity index (χ4v) is 13.7. The van der Waals surface area contributed by atoms with Crippen molar-refractivity contribution in [2.24, 2.45) is 34.5 Å². The maximum Gasteiger partial charge on any atom is 0.413 e. The second-order valence-corrected chi connectivity index (χ2v) is 22.2. The van der Waals surface area contributed by atoms with Crippen molar-refractivity contribution < 1.29 is 78.4 Å². The molecule has 4 saturated carbocycles. The Balaban J connectivity index is 0.814. The number of nitrogens with zero attached hydrogens (tertiary/aromatic N) is 1. The van der Waals surface area contributed by atoms with E-state index >= 15 is 0 Å². The molecule has 1 aliphatic heterocycles. The third-order valence-electron chi connectivity index (χ3n) is 16.2. The second-order valence-electron chi connectivity index (χ2n) is 20.5. The zero-order chi connectivity index (χ0) is 52.9. The Labute approximate surface area is 437 Å². The lowest BCUT2D eigenvalue weighted by molar-refractivity contribution is -0.201. The van der Waals surface area contributed by atoms with E-state index in [9.17, 15) is 59.4 Å². The fraction of sp³-hybridized carbons (Fsp3) is 0.519. The van der Waals surface area contributed by atoms with Crippen LogP contribution in [0.25, 0.3) is 0 Å². The van der Waals surface area contributed by atoms with Crippen LogP contribution in [0.5, 0.6) is 5.75 Å². The number of amides is 3. The van der Waals surface area contributed by atoms with Crippen molar-refractivity contribution >= 4 is 73.5 Å². The van der Waals surface area contributed by atoms with E-state index in [1.54, 1.807) is 18.3 Å². The summed E-state index contributed by atoms with van der Waals surface area (Å²) in [4.78, 5) is 80.8. The van der Waals surface area contributed by atoms with Crippen LogP contribution >= 0.6 is 27.3 Å². The van der Waals surface area contributed by atoms with Crippen LogP contribution in [0.15, 0.2) is 72.5 Å². The smallest absolute Gasteiger partial charge is 0.413 e. The molecule has 2 heterocycles. The number of ether oxygens (including phenoxy) is 4. The molecule has 1 aromatic heterocycles. The summed E-state index contributed by atoms with van der Waals surface area (Å²) in [5.41, 5.74) is 0.267. The zero-order valence-electron chi connectivity index (χ0n) is 40.5. The number of thiazole rings is 1. The van der Waals surface area contributed by atoms with E-state index in [1.807, 2.05) is 37.3 Å². The number of halogens is 1. The standard InChI is InChI=1S/C52H59BrN4O16S/c1-50-13-11-29(59)17-28(50)8-9-31-33-19-39-52(38(61)23-58,51(33,2)20-35(60)42(31)50)73-47(72-39)27-6-3-25(4-7-27)15-30-22-55-48(74-30)57-49(69)70-24-26-5-10-36(34(16-26)56-40(62)12-14-54-41(63)21-53)71-37-18-32(46(67)68)43(64)45(66)44(37)65/h3-7,10-11,13,16-17,22,31-33,35,37,39,42-45,47,58,60,64-66H,8-9,12,14-15,18-21,23-24H2,1-2H3,(H,54,63)(H,56,62)(H,67,68)(H,55,57,69)/t31-,32-,33-,35-,37+,39+,42+,43+,44-,45-,47+,50-,51-,52+/m0/s1. The lowest BCUT2D eigenvalue weighted by Gasteiger charge is -2.59. The van der Waals surface area contributed by atoms with E-state index in [0.717, 1.165) is 22.4 Å². The van der Waals surface area contributed by atoms with Crippen LogP contribution in [0.2, 0.25) is 0 Å². The molecule has 1 saturated heterocycles. The minimum Gasteiger partial charge on any atom is -0.485 e. The number of ketones is 2. The molecule has 3 aromatic rings. The first-order valence-electron chi connectivity index (χ1n) is 24.5. The van der Waals surface area contributed by atoms with Crippen molar-refractivity contribution in [3.05, 3.63) is 94.0 Å². The average molecular weight is 1110 g/mol. The van der Waals surface area contributed by atoms with Gasteiger partial charge in [-0.2, -0.15) is 0 Å². The van der Waals surface area contributed by atoms with Crippen molar-refractivity contribution in [1.82, 2.24) is 10.3 Å². The number of aliphatic hydroxyl groups is 5. The van der Waals surface area contributed by atoms with Gasteiger partial charge in [0.15, 0.2) is 28.6 Å². The highest BCUT2D eigenvalue weighted by Gasteiger charge is 2.76. The van der Waals surface area contributed by atoms with Gasteiger partial charge in [0.1, 0.15) is 37.3 Å². The van der Waals surface area contributed by atoms with Gasteiger partial charge in [-0.15, -0.1) is 11.3 Å². The quantitative estimate of drug-likeness (QED) is 0.0920. The highest BCUT2D eigenvalue weighted by molar-refractivity contribution is 9.09. The predicted octanol–water partition coefficient (Wildman–Crippen LogP) is 3.86. The lowest BCUT2D eigenvalue weighted by Crippen LogP contribution is -2.63. The number of carbonyl (C=O) groups excluding carboxylic acids is 5. The maximum absolute atomic E-state index is 14.0. The molecular formula is C52H59BrN4O16S. The van der Waals surface area contributed by atoms with Crippen LogP contribution in [0, 0.1) is 34.5 Å². The Morgan fingerprint density at radius 1 is 0.959 bits per heavy atom. The number of carboxylic acid groups (broad SMARTS) is 1. The summed E-state index contributed by atoms with van der Waals surface area (Å²) in [6, 6.07) is 11.9. The predicted molar refractivity (Wildman–Crippen MR) is 267 cm³/mol. The molecular weight excluding hydrogens is 1050 g/mol. The summed E-state index contributed by atoms with van der Waals surface area (Å²) in [5, 5.41) is 71.3. The molecule has 5 aliphatic carbocycles. The molecule has 0 bridgehead atoms. The van der Waals surface area contributed by atoms with Gasteiger partial charge in [0, 0.05) is 59.2 Å². The van der Waals surface area contributed by atoms with Gasteiger partial charge in [0.2, 0.25) is 11.8 Å². The Bertz CT molecular complexity index is 2750. The summed E-state index contributed by atoms with van der Waals surface area (Å²) in [5.74, 6) is -4.40. The molecule has 0 unspecified atom stereocenters. The highest BCUT2D eigenvalue weighted by atomic mass is 79.9. The molecule has 20 nitrogen and oxygen atoms in total. The molecule has 9 rings (SSSR count). The number of aromatic nitrogens is 1. The first-order valence-corrected chi connectivity index (χ1v) is 26.5. The largest absolute Gasteiger partial charge is 0.485 e. The van der Waals surface area contributed by atoms with Crippen LogP contribution in [0.3, 0.4) is 0 Å². The molecule has 396 valence electrons. The minimum absolute atomic E-state index is 0.00843. The van der Waals surface area contributed by atoms with Gasteiger partial charge in [0.05, 0.1) is 35.2 Å². The number of rotatable bonds is 16. The zero-order valence-corrected chi connectivity index (χ0v) is 42.9. The van der Waals surface area contributed by atoms with Crippen molar-refractivity contribution in [1.29, 1.82) is 0 Å². The van der Waals surface area contributed by atoms with Crippen molar-refractivity contribution in [3.8, 4) is 5.75 Å². The average Bonchev–Trinajstić information content (AvgIpc) is 4.06. The summed E-state index contributed by atoms with van der Waals surface area (Å²) >= 11 is 4.26. The van der Waals surface area contributed by atoms with Gasteiger partial charge in [-0.1, -0.05) is 71.8 Å². The fourth-order valence-electron chi connectivity index (χ4n) is 12.7. The summed E-state index contributed by atoms with van der Waals surface area (Å²) < 4.78 is 24.8. The number of alkyl halides is 1. The number of carboxylic acids is 1. The monoisotopic (exact) mass is 1110 g/mol. The van der Waals surface area contributed by atoms with Gasteiger partial charge >= 0.3 is 12.1 Å². The van der Waals surface area contributed by atoms with E-state index in [1.165, 1.54) is 29.5 Å². The van der Waals surface area contributed by atoms with E-state index in [2.05, 4.69) is 43.8 Å². The topological polar surface area (TPSA) is 310 Å². The molecule has 3 amide bonds. The van der Waals surface area contributed by atoms with Gasteiger partial charge in [0.25, 0.3) is 0 Å². The van der Waals surface area contributed by atoms with Crippen molar-refractivity contribution in [3.63, 3.8) is 0 Å². The molecule has 14 atom stereocenters. The highest BCUT2D eigenvalue weighted by Crippen LogP contribution is 2.70. The molecule has 22 heteroatoms. The van der Waals surface area contributed by atoms with Crippen LogP contribution in [0.1, 0.15) is 80.2 Å². The second kappa shape index (κ2) is 21.3. The number of Topliss-reactive ketones (excluding diaryl/α,β-unsaturated/α-hetero) is 1. The number of aliphatic carboxylic acids is 1. The minimum atomic E-state index is -1.83. The first kappa shape index (κ1) is 53.4. The normalized spacial score (nSPS) is 33.8. The molecule has 0 spiro atoms. The number of benzene rings is 2. The van der Waals surface area contributed by atoms with Crippen LogP contribution in [-0.2, 0) is 51.2 Å². The van der Waals surface area contributed by atoms with Crippen molar-refractivity contribution in [2.45, 2.75) is 114 Å². The molecule has 5 fully saturated rings. The molecule has 0 radical (unpaired) electrons. The summed E-state index contributed by atoms with van der Waals surface area (Å²) in [6.45, 7) is 3.07. The molecule has 74 heavy (non-hydrogen) atoms. The first-order chi connectivity index (χ1) is 35.3. The molecule has 6 aliphatic rings. The Hall–Kier alpha value is -5.43. The van der Waals surface area contributed by atoms with E-state index in [-0.39, 0.29) is 83.8 Å². The number of fused-ring (bicyclic) bond motifs is 7. The third-order valence-corrected chi connectivity index (χ3v) is 17.7.